The summed E-state index contributed by atoms with van der Waals surface area (Å²) in [6, 6.07) is 9.99. The smallest absolute Gasteiger partial charge is 0.459 e. The van der Waals surface area contributed by atoms with Crippen LogP contribution in [0.25, 0.3) is 5.52 Å². The fourth-order valence-corrected chi connectivity index (χ4v) is 6.95. The molecule has 3 heterocycles. The van der Waals surface area contributed by atoms with E-state index in [4.69, 9.17) is 33.7 Å². The van der Waals surface area contributed by atoms with Crippen molar-refractivity contribution < 1.29 is 51.3 Å². The zero-order chi connectivity index (χ0) is 38.2. The third-order valence-electron chi connectivity index (χ3n) is 8.71. The highest BCUT2D eigenvalue weighted by atomic mass is 31.2. The lowest BCUT2D eigenvalue weighted by atomic mass is 9.95. The minimum Gasteiger partial charge on any atom is -0.464 e. The van der Waals surface area contributed by atoms with Gasteiger partial charge in [-0.05, 0) is 37.1 Å². The normalized spacial score (nSPS) is 22.0. The summed E-state index contributed by atoms with van der Waals surface area (Å²) < 4.78 is 67.0. The van der Waals surface area contributed by atoms with Gasteiger partial charge in [-0.1, -0.05) is 72.6 Å². The van der Waals surface area contributed by atoms with Crippen molar-refractivity contribution >= 4 is 37.0 Å². The van der Waals surface area contributed by atoms with Crippen molar-refractivity contribution in [3.8, 4) is 5.75 Å². The predicted molar refractivity (Wildman–Crippen MR) is 188 cm³/mol. The summed E-state index contributed by atoms with van der Waals surface area (Å²) in [4.78, 5) is 43.3. The molecule has 1 unspecified atom stereocenters. The first kappa shape index (κ1) is 40.7. The van der Waals surface area contributed by atoms with Crippen molar-refractivity contribution in [2.45, 2.75) is 91.3 Å². The Morgan fingerprint density at radius 1 is 1.00 bits per heavy atom. The van der Waals surface area contributed by atoms with Crippen LogP contribution in [0.5, 0.6) is 5.75 Å². The second-order valence-electron chi connectivity index (χ2n) is 13.3. The number of carbonyl (C=O) groups is 3. The molecule has 0 aliphatic carbocycles. The lowest BCUT2D eigenvalue weighted by Gasteiger charge is -2.34. The minimum atomic E-state index is -4.58. The van der Waals surface area contributed by atoms with Crippen molar-refractivity contribution in [3.63, 3.8) is 0 Å². The number of nitrogens with one attached hydrogen (secondary N) is 1. The largest absolute Gasteiger partial charge is 0.464 e. The fourth-order valence-electron chi connectivity index (χ4n) is 5.40. The van der Waals surface area contributed by atoms with Crippen LogP contribution in [0.4, 0.5) is 10.2 Å². The number of para-hydroxylation sites is 1. The van der Waals surface area contributed by atoms with Gasteiger partial charge in [-0.3, -0.25) is 18.9 Å². The third kappa shape index (κ3) is 9.46. The van der Waals surface area contributed by atoms with E-state index >= 15 is 4.39 Å². The fraction of sp³-hybridized carbons (Fsp3) is 0.571. The van der Waals surface area contributed by atoms with Crippen molar-refractivity contribution in [1.29, 1.82) is 0 Å². The van der Waals surface area contributed by atoms with Crippen molar-refractivity contribution in [2.24, 2.45) is 17.8 Å². The Morgan fingerprint density at radius 2 is 1.65 bits per heavy atom. The predicted octanol–water partition coefficient (Wildman–Crippen LogP) is 5.39. The number of hydrogen-bond donors (Lipinski definition) is 2. The zero-order valence-corrected chi connectivity index (χ0v) is 31.4. The molecule has 3 N–H and O–H groups in total. The van der Waals surface area contributed by atoms with Crippen LogP contribution in [0.1, 0.15) is 73.1 Å². The van der Waals surface area contributed by atoms with Crippen LogP contribution in [0.15, 0.2) is 48.8 Å². The van der Waals surface area contributed by atoms with Gasteiger partial charge in [0.15, 0.2) is 23.6 Å². The average Bonchev–Trinajstić information content (AvgIpc) is 3.68. The zero-order valence-electron chi connectivity index (χ0n) is 30.5. The average molecular weight is 750 g/mol. The van der Waals surface area contributed by atoms with Gasteiger partial charge < -0.3 is 29.2 Å². The first-order valence-electron chi connectivity index (χ1n) is 17.3. The maximum absolute atomic E-state index is 15.7. The summed E-state index contributed by atoms with van der Waals surface area (Å²) in [7, 11) is -4.58. The number of fused-ring (bicyclic) bond motifs is 1. The molecule has 0 spiro atoms. The maximum atomic E-state index is 15.7. The number of esters is 3. The molecule has 0 saturated carbocycles. The number of aromatic nitrogens is 3. The summed E-state index contributed by atoms with van der Waals surface area (Å²) in [5.41, 5.74) is 4.49. The van der Waals surface area contributed by atoms with E-state index in [1.165, 1.54) is 29.9 Å². The standard InChI is InChI=1S/C35H49FN5O10P/c1-8-24(9-2)17-46-34(44)23(7)40-52(45,51-25-13-11-10-12-14-25)47-19-35(18-36)30(49-33(43)22(5)6)29(48-32(42)21(3)4)28(50-35)26-15-16-27-31(37)38-20-39-41(26)27/h10-16,20-24,28-30H,8-9,17-19H2,1-7H3,(H,40,45)(H2,37,38,39)/t23?,28-,29-,30-,35+,52-/m0/s1. The van der Waals surface area contributed by atoms with Crippen LogP contribution in [-0.2, 0) is 42.4 Å². The SMILES string of the molecule is CCC(CC)COC(=O)C(C)N[P@](=O)(OC[C@@]1(CF)O[C@@H](c2ccc3c(N)ncnn23)[C@H](OC(=O)C(C)C)[C@@H]1OC(=O)C(C)C)Oc1ccccc1. The number of rotatable bonds is 18. The molecule has 6 atom stereocenters. The highest BCUT2D eigenvalue weighted by molar-refractivity contribution is 7.52. The quantitative estimate of drug-likeness (QED) is 0.0956. The maximum Gasteiger partial charge on any atom is 0.459 e. The first-order chi connectivity index (χ1) is 24.7. The lowest BCUT2D eigenvalue weighted by Crippen LogP contribution is -2.52. The number of nitrogens with zero attached hydrogens (tertiary/aromatic N) is 3. The number of halogens is 1. The molecule has 4 rings (SSSR count). The first-order valence-corrected chi connectivity index (χ1v) is 18.9. The molecule has 286 valence electrons. The summed E-state index contributed by atoms with van der Waals surface area (Å²) in [6.45, 7) is 9.69. The van der Waals surface area contributed by atoms with Gasteiger partial charge in [0.2, 0.25) is 0 Å². The van der Waals surface area contributed by atoms with Crippen molar-refractivity contribution in [2.75, 3.05) is 25.6 Å². The van der Waals surface area contributed by atoms with Gasteiger partial charge in [-0.25, -0.2) is 18.5 Å². The molecule has 17 heteroatoms. The minimum absolute atomic E-state index is 0.110. The molecule has 1 saturated heterocycles. The molecule has 0 amide bonds. The third-order valence-corrected chi connectivity index (χ3v) is 10.3. The van der Waals surface area contributed by atoms with Crippen LogP contribution in [0.2, 0.25) is 0 Å². The molecule has 1 fully saturated rings. The number of anilines is 1. The van der Waals surface area contributed by atoms with Gasteiger partial charge in [0.1, 0.15) is 36.4 Å². The van der Waals surface area contributed by atoms with E-state index in [1.54, 1.807) is 58.0 Å². The molecule has 1 aliphatic heterocycles. The van der Waals surface area contributed by atoms with Gasteiger partial charge in [0.25, 0.3) is 0 Å². The van der Waals surface area contributed by atoms with Crippen LogP contribution in [-0.4, -0.2) is 76.2 Å². The van der Waals surface area contributed by atoms with Crippen LogP contribution >= 0.6 is 7.75 Å². The van der Waals surface area contributed by atoms with Gasteiger partial charge in [0, 0.05) is 0 Å². The Hall–Kier alpha value is -4.11. The Labute approximate surface area is 302 Å². The molecular weight excluding hydrogens is 700 g/mol. The molecule has 1 aromatic carbocycles. The molecule has 2 aromatic heterocycles. The number of ether oxygens (including phenoxy) is 4. The lowest BCUT2D eigenvalue weighted by molar-refractivity contribution is -0.178. The van der Waals surface area contributed by atoms with Crippen molar-refractivity contribution in [3.05, 3.63) is 54.5 Å². The molecule has 3 aromatic rings. The Kier molecular flexibility index (Phi) is 13.8. The van der Waals surface area contributed by atoms with Gasteiger partial charge in [-0.2, -0.15) is 10.2 Å². The summed E-state index contributed by atoms with van der Waals surface area (Å²) in [5, 5.41) is 6.85. The molecule has 0 bridgehead atoms. The summed E-state index contributed by atoms with van der Waals surface area (Å²) in [6.07, 6.45) is -1.56. The number of carbonyl (C=O) groups excluding carboxylic acids is 3. The molecule has 15 nitrogen and oxygen atoms in total. The van der Waals surface area contributed by atoms with E-state index < -0.39 is 80.7 Å². The number of nitrogen functional groups attached to an aromatic ring is 1. The number of nitrogens with two attached hydrogens (primary N) is 1. The molecule has 0 radical (unpaired) electrons. The van der Waals surface area contributed by atoms with E-state index in [0.29, 0.717) is 5.52 Å². The molecular formula is C35H49FN5O10P. The number of alkyl halides is 1. The monoisotopic (exact) mass is 749 g/mol. The van der Waals surface area contributed by atoms with Crippen molar-refractivity contribution in [1.82, 2.24) is 19.7 Å². The van der Waals surface area contributed by atoms with E-state index in [1.807, 2.05) is 13.8 Å². The summed E-state index contributed by atoms with van der Waals surface area (Å²) in [5.74, 6) is -3.07. The number of benzene rings is 1. The van der Waals surface area contributed by atoms with E-state index in [2.05, 4.69) is 15.2 Å². The van der Waals surface area contributed by atoms with E-state index in [-0.39, 0.29) is 29.8 Å². The van der Waals surface area contributed by atoms with Gasteiger partial charge in [-0.15, -0.1) is 0 Å². The van der Waals surface area contributed by atoms with Gasteiger partial charge >= 0.3 is 25.7 Å². The Bertz CT molecular complexity index is 1720. The molecule has 52 heavy (non-hydrogen) atoms. The Balaban J connectivity index is 1.75. The number of hydrogen-bond acceptors (Lipinski definition) is 13. The molecule has 1 aliphatic rings. The summed E-state index contributed by atoms with van der Waals surface area (Å²) >= 11 is 0. The van der Waals surface area contributed by atoms with E-state index in [0.717, 1.165) is 12.8 Å². The van der Waals surface area contributed by atoms with Crippen LogP contribution in [0, 0.1) is 17.8 Å². The second kappa shape index (κ2) is 17.6. The Morgan fingerprint density at radius 3 is 2.27 bits per heavy atom. The van der Waals surface area contributed by atoms with Crippen LogP contribution < -0.4 is 15.3 Å². The highest BCUT2D eigenvalue weighted by Gasteiger charge is 2.62. The van der Waals surface area contributed by atoms with E-state index in [9.17, 15) is 18.9 Å². The van der Waals surface area contributed by atoms with Gasteiger partial charge in [0.05, 0.1) is 30.7 Å². The second-order valence-corrected chi connectivity index (χ2v) is 15.0. The topological polar surface area (TPSA) is 192 Å². The van der Waals surface area contributed by atoms with Crippen LogP contribution in [0.3, 0.4) is 0 Å². The highest BCUT2D eigenvalue weighted by Crippen LogP contribution is 2.50.